The zero-order valence-corrected chi connectivity index (χ0v) is 14.7. The first-order valence-corrected chi connectivity index (χ1v) is 8.77. The second-order valence-electron chi connectivity index (χ2n) is 5.78. The van der Waals surface area contributed by atoms with E-state index in [-0.39, 0.29) is 0 Å². The van der Waals surface area contributed by atoms with Crippen molar-refractivity contribution in [3.05, 3.63) is 65.3 Å². The maximum atomic E-state index is 11.2. The van der Waals surface area contributed by atoms with Gasteiger partial charge >= 0.3 is 0 Å². The number of aromatic nitrogens is 3. The summed E-state index contributed by atoms with van der Waals surface area (Å²) < 4.78 is 0. The van der Waals surface area contributed by atoms with E-state index in [1.54, 1.807) is 48.0 Å². The molecule has 3 heterocycles. The lowest BCUT2D eigenvalue weighted by Crippen LogP contribution is -2.10. The molecule has 1 amide bonds. The van der Waals surface area contributed by atoms with Crippen molar-refractivity contribution in [2.45, 2.75) is 6.92 Å². The lowest BCUT2D eigenvalue weighted by molar-refractivity contribution is 0.100. The predicted molar refractivity (Wildman–Crippen MR) is 104 cm³/mol. The van der Waals surface area contributed by atoms with Crippen molar-refractivity contribution in [1.29, 1.82) is 0 Å². The largest absolute Gasteiger partial charge is 0.366 e. The lowest BCUT2D eigenvalue weighted by Gasteiger charge is -2.09. The molecule has 0 spiro atoms. The molecule has 0 unspecified atom stereocenters. The minimum absolute atomic E-state index is 0.451. The van der Waals surface area contributed by atoms with Gasteiger partial charge in [0.15, 0.2) is 5.82 Å². The van der Waals surface area contributed by atoms with E-state index in [0.717, 1.165) is 26.3 Å². The van der Waals surface area contributed by atoms with Crippen LogP contribution in [0.4, 0.5) is 11.5 Å². The number of nitrogens with one attached hydrogen (secondary N) is 1. The minimum atomic E-state index is -0.451. The Morgan fingerprint density at radius 3 is 2.65 bits per heavy atom. The second-order valence-corrected chi connectivity index (χ2v) is 7.01. The van der Waals surface area contributed by atoms with E-state index < -0.39 is 5.91 Å². The van der Waals surface area contributed by atoms with Gasteiger partial charge in [-0.2, -0.15) is 0 Å². The molecule has 0 aliphatic heterocycles. The molecule has 3 N–H and O–H groups in total. The number of hydrogen-bond donors (Lipinski definition) is 2. The van der Waals surface area contributed by atoms with Gasteiger partial charge in [-0.3, -0.25) is 9.78 Å². The number of thiophene rings is 1. The van der Waals surface area contributed by atoms with Gasteiger partial charge in [0.25, 0.3) is 0 Å². The van der Waals surface area contributed by atoms with Crippen molar-refractivity contribution < 1.29 is 4.79 Å². The lowest BCUT2D eigenvalue weighted by atomic mass is 10.2. The summed E-state index contributed by atoms with van der Waals surface area (Å²) >= 11 is 1.62. The average molecular weight is 361 g/mol. The van der Waals surface area contributed by atoms with Gasteiger partial charge in [0.1, 0.15) is 10.6 Å². The van der Waals surface area contributed by atoms with Gasteiger partial charge in [-0.25, -0.2) is 9.97 Å². The highest BCUT2D eigenvalue weighted by molar-refractivity contribution is 7.18. The van der Waals surface area contributed by atoms with Gasteiger partial charge < -0.3 is 11.1 Å². The maximum Gasteiger partial charge on any atom is 0.248 e. The Balaban J connectivity index is 1.78. The van der Waals surface area contributed by atoms with Gasteiger partial charge in [0.2, 0.25) is 5.91 Å². The quantitative estimate of drug-likeness (QED) is 0.575. The maximum absolute atomic E-state index is 11.2. The molecule has 0 aliphatic rings. The van der Waals surface area contributed by atoms with Gasteiger partial charge in [-0.1, -0.05) is 0 Å². The van der Waals surface area contributed by atoms with Gasteiger partial charge in [-0.15, -0.1) is 11.3 Å². The zero-order chi connectivity index (χ0) is 18.1. The van der Waals surface area contributed by atoms with Gasteiger partial charge in [0, 0.05) is 34.1 Å². The van der Waals surface area contributed by atoms with Crippen molar-refractivity contribution in [3.63, 3.8) is 0 Å². The summed E-state index contributed by atoms with van der Waals surface area (Å²) in [6.07, 6.45) is 3.46. The van der Waals surface area contributed by atoms with Crippen LogP contribution >= 0.6 is 11.3 Å². The number of benzene rings is 1. The summed E-state index contributed by atoms with van der Waals surface area (Å²) in [5.74, 6) is 0.877. The number of primary amides is 1. The summed E-state index contributed by atoms with van der Waals surface area (Å²) in [5.41, 5.74) is 7.43. The Morgan fingerprint density at radius 2 is 1.96 bits per heavy atom. The van der Waals surface area contributed by atoms with E-state index in [0.29, 0.717) is 17.2 Å². The molecule has 4 rings (SSSR count). The van der Waals surface area contributed by atoms with Crippen LogP contribution in [0.15, 0.2) is 54.9 Å². The fourth-order valence-corrected chi connectivity index (χ4v) is 3.50. The van der Waals surface area contributed by atoms with Crippen molar-refractivity contribution in [2.24, 2.45) is 5.73 Å². The summed E-state index contributed by atoms with van der Waals surface area (Å²) in [6, 6.07) is 12.8. The van der Waals surface area contributed by atoms with Crippen LogP contribution in [0.3, 0.4) is 0 Å². The fraction of sp³-hybridized carbons (Fsp3) is 0.0526. The number of carbonyl (C=O) groups is 1. The van der Waals surface area contributed by atoms with Crippen molar-refractivity contribution in [1.82, 2.24) is 15.0 Å². The standard InChI is InChI=1S/C19H15N5OS/c1-11-9-15-18(22-14-6-4-12(5-7-14)16(20)25)23-17(24-19(15)26-11)13-3-2-8-21-10-13/h2-10H,1H3,(H2,20,25)(H,22,23,24). The monoisotopic (exact) mass is 361 g/mol. The van der Waals surface area contributed by atoms with Crippen LogP contribution in [0.1, 0.15) is 15.2 Å². The topological polar surface area (TPSA) is 93.8 Å². The smallest absolute Gasteiger partial charge is 0.248 e. The molecule has 0 atom stereocenters. The SMILES string of the molecule is Cc1cc2c(Nc3ccc(C(N)=O)cc3)nc(-c3cccnc3)nc2s1. The molecule has 6 nitrogen and oxygen atoms in total. The molecule has 0 radical (unpaired) electrons. The second kappa shape index (κ2) is 6.53. The fourth-order valence-electron chi connectivity index (χ4n) is 2.62. The Labute approximate surface area is 153 Å². The molecular weight excluding hydrogens is 346 g/mol. The normalized spacial score (nSPS) is 10.8. The first kappa shape index (κ1) is 16.2. The highest BCUT2D eigenvalue weighted by Gasteiger charge is 2.12. The van der Waals surface area contributed by atoms with E-state index in [1.807, 2.05) is 19.1 Å². The van der Waals surface area contributed by atoms with E-state index >= 15 is 0 Å². The first-order valence-electron chi connectivity index (χ1n) is 7.95. The van der Waals surface area contributed by atoms with E-state index in [9.17, 15) is 4.79 Å². The molecule has 4 aromatic rings. The first-order chi connectivity index (χ1) is 12.6. The average Bonchev–Trinajstić information content (AvgIpc) is 3.03. The number of fused-ring (bicyclic) bond motifs is 1. The summed E-state index contributed by atoms with van der Waals surface area (Å²) in [4.78, 5) is 26.8. The molecule has 3 aromatic heterocycles. The van der Waals surface area contributed by atoms with Gasteiger partial charge in [0.05, 0.1) is 5.39 Å². The van der Waals surface area contributed by atoms with Crippen LogP contribution in [-0.2, 0) is 0 Å². The Bertz CT molecular complexity index is 1090. The van der Waals surface area contributed by atoms with E-state index in [4.69, 9.17) is 10.7 Å². The minimum Gasteiger partial charge on any atom is -0.366 e. The number of amides is 1. The molecule has 0 fully saturated rings. The van der Waals surface area contributed by atoms with Crippen LogP contribution in [-0.4, -0.2) is 20.9 Å². The third kappa shape index (κ3) is 3.12. The number of aryl methyl sites for hydroxylation is 1. The van der Waals surface area contributed by atoms with Crippen LogP contribution in [0.25, 0.3) is 21.6 Å². The molecule has 0 aliphatic carbocycles. The number of pyridine rings is 1. The molecule has 26 heavy (non-hydrogen) atoms. The molecule has 0 saturated carbocycles. The van der Waals surface area contributed by atoms with Crippen molar-refractivity contribution >= 4 is 39.0 Å². The number of hydrogen-bond acceptors (Lipinski definition) is 6. The Hall–Kier alpha value is -3.32. The summed E-state index contributed by atoms with van der Waals surface area (Å²) in [6.45, 7) is 2.04. The number of rotatable bonds is 4. The van der Waals surface area contributed by atoms with Crippen LogP contribution < -0.4 is 11.1 Å². The molecule has 7 heteroatoms. The number of anilines is 2. The molecule has 0 bridgehead atoms. The van der Waals surface area contributed by atoms with Crippen LogP contribution in [0.5, 0.6) is 0 Å². The summed E-state index contributed by atoms with van der Waals surface area (Å²) in [7, 11) is 0. The van der Waals surface area contributed by atoms with E-state index in [2.05, 4.69) is 21.4 Å². The summed E-state index contributed by atoms with van der Waals surface area (Å²) in [5, 5.41) is 4.28. The molecule has 1 aromatic carbocycles. The van der Waals surface area contributed by atoms with Crippen molar-refractivity contribution in [3.8, 4) is 11.4 Å². The van der Waals surface area contributed by atoms with Crippen LogP contribution in [0, 0.1) is 6.92 Å². The molecular formula is C19H15N5OS. The number of nitrogens with two attached hydrogens (primary N) is 1. The van der Waals surface area contributed by atoms with Crippen LogP contribution in [0.2, 0.25) is 0 Å². The third-order valence-electron chi connectivity index (χ3n) is 3.87. The highest BCUT2D eigenvalue weighted by atomic mass is 32.1. The Kier molecular flexibility index (Phi) is 4.06. The molecule has 128 valence electrons. The third-order valence-corrected chi connectivity index (χ3v) is 4.81. The van der Waals surface area contributed by atoms with E-state index in [1.165, 1.54) is 0 Å². The zero-order valence-electron chi connectivity index (χ0n) is 13.9. The van der Waals surface area contributed by atoms with Gasteiger partial charge in [-0.05, 0) is 49.4 Å². The Morgan fingerprint density at radius 1 is 1.15 bits per heavy atom. The highest BCUT2D eigenvalue weighted by Crippen LogP contribution is 2.32. The number of carbonyl (C=O) groups excluding carboxylic acids is 1. The molecule has 0 saturated heterocycles. The number of nitrogens with zero attached hydrogens (tertiary/aromatic N) is 3. The van der Waals surface area contributed by atoms with Crippen molar-refractivity contribution in [2.75, 3.05) is 5.32 Å². The predicted octanol–water partition coefficient (Wildman–Crippen LogP) is 3.90.